The fraction of sp³-hybridized carbons (Fsp3) is 0.478. The number of aromatic amines is 1. The van der Waals surface area contributed by atoms with Crippen LogP contribution in [-0.4, -0.2) is 55.9 Å². The number of rotatable bonds is 4. The summed E-state index contributed by atoms with van der Waals surface area (Å²) in [6.45, 7) is 7.66. The largest absolute Gasteiger partial charge is 0.416 e. The van der Waals surface area contributed by atoms with Gasteiger partial charge in [0.2, 0.25) is 0 Å². The lowest BCUT2D eigenvalue weighted by Gasteiger charge is -2.34. The van der Waals surface area contributed by atoms with Crippen LogP contribution in [0, 0.1) is 6.92 Å². The molecular formula is C23H27F3N6O3. The molecule has 3 aromatic rings. The van der Waals surface area contributed by atoms with E-state index in [1.165, 1.54) is 23.7 Å². The van der Waals surface area contributed by atoms with Crippen LogP contribution in [0.2, 0.25) is 0 Å². The predicted octanol–water partition coefficient (Wildman–Crippen LogP) is 3.41. The molecule has 3 unspecified atom stereocenters. The van der Waals surface area contributed by atoms with Gasteiger partial charge in [-0.05, 0) is 45.4 Å². The number of carbonyl (C=O) groups excluding carboxylic acids is 1. The van der Waals surface area contributed by atoms with Gasteiger partial charge >= 0.3 is 6.18 Å². The van der Waals surface area contributed by atoms with Crippen LogP contribution in [-0.2, 0) is 18.0 Å². The van der Waals surface area contributed by atoms with Crippen LogP contribution < -0.4 is 10.9 Å². The fourth-order valence-corrected chi connectivity index (χ4v) is 4.44. The maximum atomic E-state index is 13.9. The van der Waals surface area contributed by atoms with Crippen molar-refractivity contribution in [3.63, 3.8) is 0 Å². The van der Waals surface area contributed by atoms with Crippen LogP contribution in [0.1, 0.15) is 54.3 Å². The molecule has 1 aromatic carbocycles. The third kappa shape index (κ3) is 5.02. The summed E-state index contributed by atoms with van der Waals surface area (Å²) in [5, 5.41) is 7.32. The van der Waals surface area contributed by atoms with Gasteiger partial charge in [0, 0.05) is 26.2 Å². The molecule has 0 radical (unpaired) electrons. The first-order valence-electron chi connectivity index (χ1n) is 11.2. The number of H-pyrrole nitrogens is 1. The van der Waals surface area contributed by atoms with E-state index < -0.39 is 23.3 Å². The van der Waals surface area contributed by atoms with Crippen molar-refractivity contribution in [3.8, 4) is 0 Å². The number of anilines is 1. The molecule has 0 aliphatic carbocycles. The SMILES string of the molecule is Cc1nc2cc(C(F)(F)F)c(C(C)Nc3cc(C(=O)N4CC(C)OC(C)C4)nn3C)cc2c(=O)[nH]1. The lowest BCUT2D eigenvalue weighted by atomic mass is 9.98. The number of amides is 1. The van der Waals surface area contributed by atoms with Crippen molar-refractivity contribution in [2.24, 2.45) is 7.05 Å². The van der Waals surface area contributed by atoms with E-state index in [9.17, 15) is 22.8 Å². The zero-order valence-corrected chi connectivity index (χ0v) is 20.0. The summed E-state index contributed by atoms with van der Waals surface area (Å²) in [6.07, 6.45) is -4.88. The van der Waals surface area contributed by atoms with Gasteiger partial charge in [-0.1, -0.05) is 0 Å². The number of fused-ring (bicyclic) bond motifs is 1. The zero-order valence-electron chi connectivity index (χ0n) is 20.0. The molecule has 2 N–H and O–H groups in total. The van der Waals surface area contributed by atoms with Gasteiger partial charge in [-0.2, -0.15) is 18.3 Å². The van der Waals surface area contributed by atoms with Gasteiger partial charge in [0.05, 0.1) is 34.7 Å². The van der Waals surface area contributed by atoms with Gasteiger partial charge in [0.1, 0.15) is 11.6 Å². The molecule has 1 aliphatic heterocycles. The Hall–Kier alpha value is -3.41. The first kappa shape index (κ1) is 24.7. The third-order valence-corrected chi connectivity index (χ3v) is 5.94. The molecule has 4 rings (SSSR count). The first-order valence-corrected chi connectivity index (χ1v) is 11.2. The molecule has 2 aromatic heterocycles. The van der Waals surface area contributed by atoms with E-state index in [1.807, 2.05) is 13.8 Å². The number of nitrogens with zero attached hydrogens (tertiary/aromatic N) is 4. The van der Waals surface area contributed by atoms with E-state index in [-0.39, 0.29) is 46.1 Å². The summed E-state index contributed by atoms with van der Waals surface area (Å²) < 4.78 is 48.8. The molecule has 0 saturated carbocycles. The summed E-state index contributed by atoms with van der Waals surface area (Å²) in [7, 11) is 1.60. The van der Waals surface area contributed by atoms with Crippen molar-refractivity contribution in [1.29, 1.82) is 0 Å². The summed E-state index contributed by atoms with van der Waals surface area (Å²) in [4.78, 5) is 33.6. The van der Waals surface area contributed by atoms with E-state index in [1.54, 1.807) is 18.9 Å². The number of hydrogen-bond donors (Lipinski definition) is 2. The van der Waals surface area contributed by atoms with Crippen LogP contribution in [0.25, 0.3) is 10.9 Å². The quantitative estimate of drug-likeness (QED) is 0.579. The van der Waals surface area contributed by atoms with Crippen molar-refractivity contribution in [1.82, 2.24) is 24.6 Å². The summed E-state index contributed by atoms with van der Waals surface area (Å²) in [5.41, 5.74) is -1.38. The highest BCUT2D eigenvalue weighted by Gasteiger charge is 2.36. The third-order valence-electron chi connectivity index (χ3n) is 5.94. The Labute approximate surface area is 199 Å². The summed E-state index contributed by atoms with van der Waals surface area (Å²) in [6, 6.07) is 2.75. The number of carbonyl (C=O) groups is 1. The summed E-state index contributed by atoms with van der Waals surface area (Å²) >= 11 is 0. The molecule has 1 aliphatic rings. The molecule has 1 amide bonds. The normalized spacial score (nSPS) is 19.7. The van der Waals surface area contributed by atoms with E-state index in [0.717, 1.165) is 6.07 Å². The Morgan fingerprint density at radius 1 is 1.23 bits per heavy atom. The van der Waals surface area contributed by atoms with Gasteiger partial charge in [-0.3, -0.25) is 14.3 Å². The highest BCUT2D eigenvalue weighted by Crippen LogP contribution is 2.37. The van der Waals surface area contributed by atoms with Crippen molar-refractivity contribution >= 4 is 22.6 Å². The van der Waals surface area contributed by atoms with Gasteiger partial charge in [0.15, 0.2) is 5.69 Å². The van der Waals surface area contributed by atoms with E-state index in [2.05, 4.69) is 20.4 Å². The number of aromatic nitrogens is 4. The monoisotopic (exact) mass is 492 g/mol. The van der Waals surface area contributed by atoms with E-state index >= 15 is 0 Å². The molecule has 188 valence electrons. The average Bonchev–Trinajstić information content (AvgIpc) is 3.11. The Morgan fingerprint density at radius 3 is 2.51 bits per heavy atom. The van der Waals surface area contributed by atoms with E-state index in [0.29, 0.717) is 18.9 Å². The molecule has 12 heteroatoms. The molecule has 3 heterocycles. The number of halogens is 3. The van der Waals surface area contributed by atoms with Gasteiger partial charge in [-0.25, -0.2) is 4.98 Å². The zero-order chi connectivity index (χ0) is 25.7. The smallest absolute Gasteiger partial charge is 0.372 e. The number of hydrogen-bond acceptors (Lipinski definition) is 6. The number of morpholine rings is 1. The molecule has 1 fully saturated rings. The molecule has 9 nitrogen and oxygen atoms in total. The number of alkyl halides is 3. The van der Waals surface area contributed by atoms with Crippen LogP contribution >= 0.6 is 0 Å². The molecule has 35 heavy (non-hydrogen) atoms. The number of aryl methyl sites for hydroxylation is 2. The van der Waals surface area contributed by atoms with Gasteiger partial charge in [0.25, 0.3) is 11.5 Å². The minimum atomic E-state index is -4.66. The first-order chi connectivity index (χ1) is 16.3. The second-order valence-corrected chi connectivity index (χ2v) is 8.98. The Kier molecular flexibility index (Phi) is 6.34. The molecule has 1 saturated heterocycles. The maximum Gasteiger partial charge on any atom is 0.416 e. The molecule has 0 spiro atoms. The minimum absolute atomic E-state index is 0.0306. The van der Waals surface area contributed by atoms with Crippen molar-refractivity contribution in [2.75, 3.05) is 18.4 Å². The summed E-state index contributed by atoms with van der Waals surface area (Å²) in [5.74, 6) is 0.308. The Morgan fingerprint density at radius 2 is 1.89 bits per heavy atom. The average molecular weight is 493 g/mol. The van der Waals surface area contributed by atoms with Gasteiger partial charge in [-0.15, -0.1) is 0 Å². The molecular weight excluding hydrogens is 465 g/mol. The second-order valence-electron chi connectivity index (χ2n) is 8.98. The Balaban J connectivity index is 1.65. The highest BCUT2D eigenvalue weighted by atomic mass is 19.4. The van der Waals surface area contributed by atoms with Crippen molar-refractivity contribution < 1.29 is 22.7 Å². The number of nitrogens with one attached hydrogen (secondary N) is 2. The predicted molar refractivity (Wildman–Crippen MR) is 123 cm³/mol. The lowest BCUT2D eigenvalue weighted by molar-refractivity contribution is -0.138. The standard InChI is InChI=1S/C23H27F3N6O3/c1-11-9-32(10-12(2)35-11)22(34)19-8-20(31(5)30-19)27-13(3)15-6-16-18(7-17(15)23(24,25)26)28-14(4)29-21(16)33/h6-8,11-13,27H,9-10H2,1-5H3,(H,28,29,33). The van der Waals surface area contributed by atoms with Crippen molar-refractivity contribution in [2.45, 2.75) is 52.1 Å². The van der Waals surface area contributed by atoms with Crippen LogP contribution in [0.3, 0.4) is 0 Å². The topological polar surface area (TPSA) is 105 Å². The Bertz CT molecular complexity index is 1320. The number of ether oxygens (including phenoxy) is 1. The van der Waals surface area contributed by atoms with Crippen LogP contribution in [0.5, 0.6) is 0 Å². The maximum absolute atomic E-state index is 13.9. The minimum Gasteiger partial charge on any atom is -0.372 e. The fourth-order valence-electron chi connectivity index (χ4n) is 4.44. The highest BCUT2D eigenvalue weighted by molar-refractivity contribution is 5.93. The van der Waals surface area contributed by atoms with Crippen LogP contribution in [0.4, 0.5) is 19.0 Å². The second kappa shape index (κ2) is 8.99. The lowest BCUT2D eigenvalue weighted by Crippen LogP contribution is -2.48. The number of benzene rings is 1. The van der Waals surface area contributed by atoms with Crippen LogP contribution in [0.15, 0.2) is 23.0 Å². The van der Waals surface area contributed by atoms with Crippen molar-refractivity contribution in [3.05, 3.63) is 51.2 Å². The molecule has 0 bridgehead atoms. The molecule has 3 atom stereocenters. The van der Waals surface area contributed by atoms with Gasteiger partial charge < -0.3 is 19.9 Å². The van der Waals surface area contributed by atoms with E-state index in [4.69, 9.17) is 4.74 Å².